The molecule has 0 amide bonds. The Kier molecular flexibility index (Phi) is 3.33. The quantitative estimate of drug-likeness (QED) is 0.761. The van der Waals surface area contributed by atoms with Crippen molar-refractivity contribution in [2.45, 2.75) is 32.7 Å². The number of likely N-dealkylation sites (tertiary alicyclic amines) is 1. The van der Waals surface area contributed by atoms with Gasteiger partial charge < -0.3 is 10.5 Å². The van der Waals surface area contributed by atoms with Crippen molar-refractivity contribution in [3.63, 3.8) is 0 Å². The summed E-state index contributed by atoms with van der Waals surface area (Å²) in [5, 5.41) is 0. The maximum absolute atomic E-state index is 5.92. The van der Waals surface area contributed by atoms with Gasteiger partial charge in [-0.2, -0.15) is 0 Å². The van der Waals surface area contributed by atoms with Crippen LogP contribution in [0.5, 0.6) is 0 Å². The molecule has 2 heterocycles. The van der Waals surface area contributed by atoms with E-state index in [2.05, 4.69) is 18.7 Å². The van der Waals surface area contributed by atoms with Gasteiger partial charge in [-0.25, -0.2) is 0 Å². The molecule has 3 heteroatoms. The van der Waals surface area contributed by atoms with E-state index in [0.717, 1.165) is 19.8 Å². The molecule has 2 unspecified atom stereocenters. The number of nitrogens with zero attached hydrogens (tertiary/aromatic N) is 1. The first-order valence-electron chi connectivity index (χ1n) is 6.14. The summed E-state index contributed by atoms with van der Waals surface area (Å²) in [6.45, 7) is 9.75. The number of ether oxygens (including phenoxy) is 1. The summed E-state index contributed by atoms with van der Waals surface area (Å²) in [5.74, 6) is 0.670. The van der Waals surface area contributed by atoms with Crippen LogP contribution in [0.1, 0.15) is 26.7 Å². The Labute approximate surface area is 93.0 Å². The lowest BCUT2D eigenvalue weighted by Gasteiger charge is -2.31. The van der Waals surface area contributed by atoms with Gasteiger partial charge >= 0.3 is 0 Å². The van der Waals surface area contributed by atoms with E-state index < -0.39 is 0 Å². The molecule has 2 fully saturated rings. The highest BCUT2D eigenvalue weighted by Crippen LogP contribution is 2.32. The van der Waals surface area contributed by atoms with E-state index >= 15 is 0 Å². The fourth-order valence-electron chi connectivity index (χ4n) is 2.93. The Balaban J connectivity index is 1.95. The summed E-state index contributed by atoms with van der Waals surface area (Å²) in [6.07, 6.45) is 2.50. The van der Waals surface area contributed by atoms with Crippen LogP contribution < -0.4 is 5.73 Å². The van der Waals surface area contributed by atoms with E-state index in [4.69, 9.17) is 10.5 Å². The predicted molar refractivity (Wildman–Crippen MR) is 61.7 cm³/mol. The molecule has 2 aliphatic heterocycles. The molecule has 2 aliphatic rings. The zero-order chi connectivity index (χ0) is 10.9. The van der Waals surface area contributed by atoms with Crippen LogP contribution in [0.3, 0.4) is 0 Å². The fraction of sp³-hybridized carbons (Fsp3) is 1.00. The fourth-order valence-corrected chi connectivity index (χ4v) is 2.93. The topological polar surface area (TPSA) is 38.5 Å². The number of nitrogens with two attached hydrogens (primary N) is 1. The molecule has 0 bridgehead atoms. The normalized spacial score (nSPS) is 33.4. The lowest BCUT2D eigenvalue weighted by atomic mass is 9.92. The maximum Gasteiger partial charge on any atom is 0.0510 e. The molecular weight excluding hydrogens is 188 g/mol. The molecule has 0 aliphatic carbocycles. The zero-order valence-electron chi connectivity index (χ0n) is 10.0. The van der Waals surface area contributed by atoms with E-state index in [1.165, 1.54) is 25.9 Å². The smallest absolute Gasteiger partial charge is 0.0510 e. The highest BCUT2D eigenvalue weighted by atomic mass is 16.5. The SMILES string of the molecule is CC1(C)CCN(C(CN)C2CCOC2)C1. The van der Waals surface area contributed by atoms with Crippen LogP contribution in [0.4, 0.5) is 0 Å². The molecule has 0 aromatic heterocycles. The van der Waals surface area contributed by atoms with Gasteiger partial charge in [0, 0.05) is 31.7 Å². The first-order chi connectivity index (χ1) is 7.12. The third kappa shape index (κ3) is 2.52. The van der Waals surface area contributed by atoms with Crippen molar-refractivity contribution in [3.05, 3.63) is 0 Å². The van der Waals surface area contributed by atoms with Gasteiger partial charge in [-0.1, -0.05) is 13.8 Å². The molecule has 3 nitrogen and oxygen atoms in total. The second-order valence-corrected chi connectivity index (χ2v) is 5.81. The van der Waals surface area contributed by atoms with Crippen LogP contribution in [0, 0.1) is 11.3 Å². The van der Waals surface area contributed by atoms with Crippen molar-refractivity contribution in [2.24, 2.45) is 17.1 Å². The highest BCUT2D eigenvalue weighted by Gasteiger charge is 2.36. The summed E-state index contributed by atoms with van der Waals surface area (Å²) in [6, 6.07) is 0.550. The van der Waals surface area contributed by atoms with Gasteiger partial charge in [-0.3, -0.25) is 4.90 Å². The van der Waals surface area contributed by atoms with E-state index in [-0.39, 0.29) is 0 Å². The summed E-state index contributed by atoms with van der Waals surface area (Å²) in [4.78, 5) is 2.58. The molecule has 0 aromatic carbocycles. The molecule has 88 valence electrons. The van der Waals surface area contributed by atoms with E-state index in [9.17, 15) is 0 Å². The Morgan fingerprint density at radius 3 is 2.80 bits per heavy atom. The molecule has 15 heavy (non-hydrogen) atoms. The molecule has 0 aromatic rings. The molecule has 2 saturated heterocycles. The highest BCUT2D eigenvalue weighted by molar-refractivity contribution is 4.90. The number of hydrogen-bond acceptors (Lipinski definition) is 3. The van der Waals surface area contributed by atoms with Crippen LogP contribution in [0.15, 0.2) is 0 Å². The number of rotatable bonds is 3. The Morgan fingerprint density at radius 1 is 1.53 bits per heavy atom. The van der Waals surface area contributed by atoms with Gasteiger partial charge in [-0.05, 0) is 24.8 Å². The van der Waals surface area contributed by atoms with Crippen molar-refractivity contribution in [2.75, 3.05) is 32.8 Å². The predicted octanol–water partition coefficient (Wildman–Crippen LogP) is 1.08. The van der Waals surface area contributed by atoms with Crippen LogP contribution in [0.2, 0.25) is 0 Å². The summed E-state index contributed by atoms with van der Waals surface area (Å²) >= 11 is 0. The van der Waals surface area contributed by atoms with E-state index in [1.807, 2.05) is 0 Å². The molecule has 2 atom stereocenters. The number of hydrogen-bond donors (Lipinski definition) is 1. The summed E-state index contributed by atoms with van der Waals surface area (Å²) < 4.78 is 5.47. The van der Waals surface area contributed by atoms with Crippen molar-refractivity contribution in [3.8, 4) is 0 Å². The molecule has 2 N–H and O–H groups in total. The lowest BCUT2D eigenvalue weighted by Crippen LogP contribution is -2.45. The second-order valence-electron chi connectivity index (χ2n) is 5.81. The van der Waals surface area contributed by atoms with Crippen LogP contribution >= 0.6 is 0 Å². The van der Waals surface area contributed by atoms with E-state index in [1.54, 1.807) is 0 Å². The average molecular weight is 212 g/mol. The Morgan fingerprint density at radius 2 is 2.33 bits per heavy atom. The standard InChI is InChI=1S/C12H24N2O/c1-12(2)4-5-14(9-12)11(7-13)10-3-6-15-8-10/h10-11H,3-9,13H2,1-2H3. The average Bonchev–Trinajstić information content (AvgIpc) is 2.77. The molecule has 0 spiro atoms. The largest absolute Gasteiger partial charge is 0.381 e. The minimum Gasteiger partial charge on any atom is -0.381 e. The van der Waals surface area contributed by atoms with Gasteiger partial charge in [0.15, 0.2) is 0 Å². The third-order valence-electron chi connectivity index (χ3n) is 3.93. The summed E-state index contributed by atoms with van der Waals surface area (Å²) in [5.41, 5.74) is 6.40. The molecule has 2 rings (SSSR count). The monoisotopic (exact) mass is 212 g/mol. The van der Waals surface area contributed by atoms with Gasteiger partial charge in [0.05, 0.1) is 6.61 Å². The molecular formula is C12H24N2O. The minimum atomic E-state index is 0.479. The van der Waals surface area contributed by atoms with Gasteiger partial charge in [0.1, 0.15) is 0 Å². The second kappa shape index (κ2) is 4.40. The molecule has 0 radical (unpaired) electrons. The van der Waals surface area contributed by atoms with Gasteiger partial charge in [-0.15, -0.1) is 0 Å². The zero-order valence-corrected chi connectivity index (χ0v) is 10.0. The van der Waals surface area contributed by atoms with Gasteiger partial charge in [0.2, 0.25) is 0 Å². The van der Waals surface area contributed by atoms with Crippen LogP contribution in [-0.2, 0) is 4.74 Å². The van der Waals surface area contributed by atoms with E-state index in [0.29, 0.717) is 17.4 Å². The molecule has 0 saturated carbocycles. The Bertz CT molecular complexity index is 212. The van der Waals surface area contributed by atoms with Crippen molar-refractivity contribution >= 4 is 0 Å². The maximum atomic E-state index is 5.92. The van der Waals surface area contributed by atoms with Crippen LogP contribution in [0.25, 0.3) is 0 Å². The van der Waals surface area contributed by atoms with Crippen LogP contribution in [-0.4, -0.2) is 43.8 Å². The van der Waals surface area contributed by atoms with Crippen molar-refractivity contribution in [1.29, 1.82) is 0 Å². The Hall–Kier alpha value is -0.120. The van der Waals surface area contributed by atoms with Crippen molar-refractivity contribution in [1.82, 2.24) is 4.90 Å². The summed E-state index contributed by atoms with van der Waals surface area (Å²) in [7, 11) is 0. The van der Waals surface area contributed by atoms with Crippen molar-refractivity contribution < 1.29 is 4.74 Å². The minimum absolute atomic E-state index is 0.479. The first kappa shape index (κ1) is 11.4. The first-order valence-corrected chi connectivity index (χ1v) is 6.14. The third-order valence-corrected chi connectivity index (χ3v) is 3.93. The lowest BCUT2D eigenvalue weighted by molar-refractivity contribution is 0.132. The van der Waals surface area contributed by atoms with Gasteiger partial charge in [0.25, 0.3) is 0 Å².